The van der Waals surface area contributed by atoms with Gasteiger partial charge in [-0.1, -0.05) is 44.2 Å². The Balaban J connectivity index is 2.10. The lowest BCUT2D eigenvalue weighted by Gasteiger charge is -2.22. The molecule has 0 spiro atoms. The zero-order valence-corrected chi connectivity index (χ0v) is 15.5. The Kier molecular flexibility index (Phi) is 6.84. The Hall–Kier alpha value is -2.05. The summed E-state index contributed by atoms with van der Waals surface area (Å²) in [5, 5.41) is 15.3. The molecule has 1 unspecified atom stereocenters. The van der Waals surface area contributed by atoms with E-state index in [0.29, 0.717) is 12.3 Å². The van der Waals surface area contributed by atoms with Crippen LogP contribution in [0.1, 0.15) is 32.9 Å². The van der Waals surface area contributed by atoms with Crippen LogP contribution in [0.2, 0.25) is 0 Å². The van der Waals surface area contributed by atoms with Crippen molar-refractivity contribution in [3.63, 3.8) is 0 Å². The third-order valence-corrected chi connectivity index (χ3v) is 4.82. The van der Waals surface area contributed by atoms with Crippen LogP contribution in [-0.4, -0.2) is 33.9 Å². The van der Waals surface area contributed by atoms with Gasteiger partial charge >= 0.3 is 5.97 Å². The number of carboxylic acids is 1. The number of nitrogens with one attached hydrogen (secondary N) is 1. The van der Waals surface area contributed by atoms with Crippen molar-refractivity contribution in [3.8, 4) is 10.6 Å². The van der Waals surface area contributed by atoms with E-state index >= 15 is 0 Å². The van der Waals surface area contributed by atoms with Crippen molar-refractivity contribution in [3.05, 3.63) is 41.4 Å². The van der Waals surface area contributed by atoms with E-state index in [2.05, 4.69) is 10.3 Å². The molecule has 2 rings (SSSR count). The number of carbonyl (C=O) groups excluding carboxylic acids is 1. The van der Waals surface area contributed by atoms with Crippen molar-refractivity contribution in [1.82, 2.24) is 10.3 Å². The zero-order chi connectivity index (χ0) is 18.4. The smallest absolute Gasteiger partial charge is 0.321 e. The summed E-state index contributed by atoms with van der Waals surface area (Å²) in [7, 11) is 0. The summed E-state index contributed by atoms with van der Waals surface area (Å²) in [6.45, 7) is 5.52. The molecule has 134 valence electrons. The molecule has 2 N–H and O–H groups in total. The van der Waals surface area contributed by atoms with Crippen LogP contribution in [-0.2, 0) is 16.0 Å². The molecule has 0 aliphatic heterocycles. The summed E-state index contributed by atoms with van der Waals surface area (Å²) < 4.78 is 0. The molecule has 0 amide bonds. The lowest BCUT2D eigenvalue weighted by molar-refractivity contribution is -0.139. The predicted molar refractivity (Wildman–Crippen MR) is 99.7 cm³/mol. The second-order valence-corrected chi connectivity index (χ2v) is 7.42. The van der Waals surface area contributed by atoms with Crippen LogP contribution in [0.15, 0.2) is 35.7 Å². The number of carboxylic acid groups (broad SMARTS) is 1. The molecule has 5 nitrogen and oxygen atoms in total. The van der Waals surface area contributed by atoms with E-state index in [4.69, 9.17) is 0 Å². The summed E-state index contributed by atoms with van der Waals surface area (Å²) in [6.07, 6.45) is 0.867. The van der Waals surface area contributed by atoms with E-state index in [1.54, 1.807) is 0 Å². The van der Waals surface area contributed by atoms with Gasteiger partial charge in [-0.15, -0.1) is 11.3 Å². The maximum absolute atomic E-state index is 11.8. The van der Waals surface area contributed by atoms with E-state index in [1.165, 1.54) is 18.3 Å². The summed E-state index contributed by atoms with van der Waals surface area (Å²) >= 11 is 1.49. The number of thiazole rings is 1. The second-order valence-electron chi connectivity index (χ2n) is 6.56. The quantitative estimate of drug-likeness (QED) is 0.716. The van der Waals surface area contributed by atoms with Crippen molar-refractivity contribution in [2.24, 2.45) is 5.92 Å². The predicted octanol–water partition coefficient (Wildman–Crippen LogP) is 3.40. The van der Waals surface area contributed by atoms with Crippen molar-refractivity contribution in [2.45, 2.75) is 45.7 Å². The van der Waals surface area contributed by atoms with Gasteiger partial charge in [0.15, 0.2) is 0 Å². The highest BCUT2D eigenvalue weighted by molar-refractivity contribution is 7.13. The molecule has 0 saturated heterocycles. The maximum atomic E-state index is 11.8. The van der Waals surface area contributed by atoms with Crippen LogP contribution in [0.5, 0.6) is 0 Å². The second kappa shape index (κ2) is 8.87. The van der Waals surface area contributed by atoms with Crippen LogP contribution >= 0.6 is 11.3 Å². The monoisotopic (exact) mass is 360 g/mol. The van der Waals surface area contributed by atoms with Gasteiger partial charge in [0.05, 0.1) is 11.7 Å². The van der Waals surface area contributed by atoms with Crippen LogP contribution in [0.25, 0.3) is 10.6 Å². The van der Waals surface area contributed by atoms with Crippen molar-refractivity contribution >= 4 is 23.1 Å². The molecule has 2 aromatic rings. The largest absolute Gasteiger partial charge is 0.480 e. The van der Waals surface area contributed by atoms with E-state index in [1.807, 2.05) is 49.6 Å². The minimum absolute atomic E-state index is 0.0387. The first-order chi connectivity index (χ1) is 11.9. The number of hydrogen-bond donors (Lipinski definition) is 2. The standard InChI is InChI=1S/C19H24N2O3S/c1-12(2)9-16(13(3)22)21-17(19(23)24)10-15-11-25-18(20-15)14-7-5-4-6-8-14/h4-8,11-12,16-17,21H,9-10H2,1-3H3,(H,23,24)/t16?,17-/m0/s1. The van der Waals surface area contributed by atoms with E-state index < -0.39 is 18.1 Å². The average molecular weight is 360 g/mol. The molecule has 0 aliphatic carbocycles. The van der Waals surface area contributed by atoms with Gasteiger partial charge in [-0.05, 0) is 19.3 Å². The highest BCUT2D eigenvalue weighted by Gasteiger charge is 2.25. The molecule has 0 bridgehead atoms. The molecule has 6 heteroatoms. The van der Waals surface area contributed by atoms with E-state index in [0.717, 1.165) is 16.3 Å². The molecule has 1 aromatic carbocycles. The van der Waals surface area contributed by atoms with Gasteiger partial charge in [-0.25, -0.2) is 4.98 Å². The maximum Gasteiger partial charge on any atom is 0.321 e. The van der Waals surface area contributed by atoms with Crippen LogP contribution in [0.4, 0.5) is 0 Å². The lowest BCUT2D eigenvalue weighted by atomic mass is 9.99. The normalized spacial score (nSPS) is 13.6. The Morgan fingerprint density at radius 2 is 1.88 bits per heavy atom. The minimum Gasteiger partial charge on any atom is -0.480 e. The number of nitrogens with zero attached hydrogens (tertiary/aromatic N) is 1. The molecule has 0 aliphatic rings. The van der Waals surface area contributed by atoms with Gasteiger partial charge < -0.3 is 5.11 Å². The SMILES string of the molecule is CC(=O)C(CC(C)C)N[C@@H](Cc1csc(-c2ccccc2)n1)C(=O)O. The number of aromatic nitrogens is 1. The Bertz CT molecular complexity index is 712. The van der Waals surface area contributed by atoms with Crippen LogP contribution in [0.3, 0.4) is 0 Å². The number of rotatable bonds is 9. The Morgan fingerprint density at radius 1 is 1.20 bits per heavy atom. The Morgan fingerprint density at radius 3 is 2.44 bits per heavy atom. The number of hydrogen-bond acceptors (Lipinski definition) is 5. The number of Topliss-reactive ketones (excluding diaryl/α,β-unsaturated/α-hetero) is 1. The fourth-order valence-electron chi connectivity index (χ4n) is 2.61. The minimum atomic E-state index is -0.968. The first-order valence-electron chi connectivity index (χ1n) is 8.36. The van der Waals surface area contributed by atoms with Gasteiger partial charge in [0, 0.05) is 17.4 Å². The summed E-state index contributed by atoms with van der Waals surface area (Å²) in [4.78, 5) is 28.0. The first-order valence-corrected chi connectivity index (χ1v) is 9.24. The fourth-order valence-corrected chi connectivity index (χ4v) is 3.45. The number of ketones is 1. The summed E-state index contributed by atoms with van der Waals surface area (Å²) in [5.74, 6) is -0.702. The van der Waals surface area contributed by atoms with Gasteiger partial charge in [-0.2, -0.15) is 0 Å². The summed E-state index contributed by atoms with van der Waals surface area (Å²) in [5.41, 5.74) is 1.73. The number of benzene rings is 1. The molecular formula is C19H24N2O3S. The van der Waals surface area contributed by atoms with E-state index in [9.17, 15) is 14.7 Å². The molecule has 1 aromatic heterocycles. The molecule has 0 saturated carbocycles. The van der Waals surface area contributed by atoms with Crippen molar-refractivity contribution < 1.29 is 14.7 Å². The third kappa shape index (κ3) is 5.76. The van der Waals surface area contributed by atoms with Crippen molar-refractivity contribution in [1.29, 1.82) is 0 Å². The van der Waals surface area contributed by atoms with Gasteiger partial charge in [-0.3, -0.25) is 14.9 Å². The highest BCUT2D eigenvalue weighted by Crippen LogP contribution is 2.24. The zero-order valence-electron chi connectivity index (χ0n) is 14.7. The van der Waals surface area contributed by atoms with Crippen LogP contribution < -0.4 is 5.32 Å². The fraction of sp³-hybridized carbons (Fsp3) is 0.421. The lowest BCUT2D eigenvalue weighted by Crippen LogP contribution is -2.48. The molecule has 0 fully saturated rings. The molecule has 2 atom stereocenters. The summed E-state index contributed by atoms with van der Waals surface area (Å²) in [6, 6.07) is 8.50. The third-order valence-electron chi connectivity index (χ3n) is 3.88. The van der Waals surface area contributed by atoms with Crippen LogP contribution in [0, 0.1) is 5.92 Å². The topological polar surface area (TPSA) is 79.3 Å². The Labute approximate surface area is 152 Å². The average Bonchev–Trinajstić information content (AvgIpc) is 3.02. The molecule has 25 heavy (non-hydrogen) atoms. The van der Waals surface area contributed by atoms with Crippen molar-refractivity contribution in [2.75, 3.05) is 0 Å². The number of carbonyl (C=O) groups is 2. The van der Waals surface area contributed by atoms with Gasteiger partial charge in [0.25, 0.3) is 0 Å². The first kappa shape index (κ1) is 19.3. The molecule has 0 radical (unpaired) electrons. The molecular weight excluding hydrogens is 336 g/mol. The van der Waals surface area contributed by atoms with E-state index in [-0.39, 0.29) is 12.2 Å². The molecule has 1 heterocycles. The number of aliphatic carboxylic acids is 1. The van der Waals surface area contributed by atoms with Gasteiger partial charge in [0.1, 0.15) is 16.8 Å². The van der Waals surface area contributed by atoms with Gasteiger partial charge in [0.2, 0.25) is 0 Å². The highest BCUT2D eigenvalue weighted by atomic mass is 32.1.